The van der Waals surface area contributed by atoms with E-state index < -0.39 is 6.10 Å². The average molecular weight is 354 g/mol. The van der Waals surface area contributed by atoms with Crippen LogP contribution in [0, 0.1) is 0 Å². The van der Waals surface area contributed by atoms with Gasteiger partial charge in [-0.15, -0.1) is 0 Å². The maximum absolute atomic E-state index is 9.57. The molecule has 0 amide bonds. The highest BCUT2D eigenvalue weighted by Gasteiger charge is 2.06. The molecule has 0 fully saturated rings. The van der Waals surface area contributed by atoms with Gasteiger partial charge in [0.1, 0.15) is 12.7 Å². The van der Waals surface area contributed by atoms with E-state index in [1.807, 2.05) is 12.1 Å². The topological polar surface area (TPSA) is 68.2 Å². The van der Waals surface area contributed by atoms with E-state index in [0.717, 1.165) is 6.42 Å². The summed E-state index contributed by atoms with van der Waals surface area (Å²) in [6.45, 7) is 2.52. The SMILES string of the molecule is CCCCCCCCCc1ccc(OOCC(O)COCCO)cc1. The van der Waals surface area contributed by atoms with Gasteiger partial charge < -0.3 is 19.8 Å². The van der Waals surface area contributed by atoms with Gasteiger partial charge in [0, 0.05) is 0 Å². The molecule has 1 aromatic carbocycles. The lowest BCUT2D eigenvalue weighted by atomic mass is 10.0. The number of aliphatic hydroxyl groups is 2. The molecule has 0 bridgehead atoms. The van der Waals surface area contributed by atoms with Crippen LogP contribution in [0.3, 0.4) is 0 Å². The predicted molar refractivity (Wildman–Crippen MR) is 98.6 cm³/mol. The van der Waals surface area contributed by atoms with Crippen molar-refractivity contribution in [2.45, 2.75) is 64.4 Å². The molecule has 0 aliphatic rings. The number of hydrogen-bond acceptors (Lipinski definition) is 5. The molecule has 1 aromatic rings. The lowest BCUT2D eigenvalue weighted by Crippen LogP contribution is -2.23. The Morgan fingerprint density at radius 2 is 1.60 bits per heavy atom. The summed E-state index contributed by atoms with van der Waals surface area (Å²) in [7, 11) is 0. The molecule has 5 nitrogen and oxygen atoms in total. The first kappa shape index (κ1) is 21.9. The summed E-state index contributed by atoms with van der Waals surface area (Å²) >= 11 is 0. The summed E-state index contributed by atoms with van der Waals surface area (Å²) in [5.41, 5.74) is 1.30. The lowest BCUT2D eigenvalue weighted by molar-refractivity contribution is -0.227. The Labute approximate surface area is 151 Å². The average Bonchev–Trinajstić information content (AvgIpc) is 2.62. The highest BCUT2D eigenvalue weighted by Crippen LogP contribution is 2.15. The van der Waals surface area contributed by atoms with Crippen molar-refractivity contribution in [1.82, 2.24) is 0 Å². The Morgan fingerprint density at radius 3 is 2.28 bits per heavy atom. The molecule has 144 valence electrons. The smallest absolute Gasteiger partial charge is 0.165 e. The van der Waals surface area contributed by atoms with Crippen LogP contribution in [0.15, 0.2) is 24.3 Å². The highest BCUT2D eigenvalue weighted by molar-refractivity contribution is 5.26. The molecule has 25 heavy (non-hydrogen) atoms. The third kappa shape index (κ3) is 11.9. The highest BCUT2D eigenvalue weighted by atomic mass is 17.2. The summed E-state index contributed by atoms with van der Waals surface area (Å²) in [6, 6.07) is 7.86. The Bertz CT molecular complexity index is 407. The number of rotatable bonds is 16. The Hall–Kier alpha value is -1.14. The summed E-state index contributed by atoms with van der Waals surface area (Å²) in [5, 5.41) is 18.2. The van der Waals surface area contributed by atoms with Crippen LogP contribution in [0.4, 0.5) is 0 Å². The van der Waals surface area contributed by atoms with E-state index in [-0.39, 0.29) is 26.4 Å². The zero-order valence-corrected chi connectivity index (χ0v) is 15.5. The van der Waals surface area contributed by atoms with Gasteiger partial charge in [0.05, 0.1) is 19.8 Å². The van der Waals surface area contributed by atoms with Gasteiger partial charge in [-0.3, -0.25) is 0 Å². The molecule has 0 aromatic heterocycles. The third-order valence-electron chi connectivity index (χ3n) is 3.95. The molecule has 0 spiro atoms. The Balaban J connectivity index is 2.08. The van der Waals surface area contributed by atoms with E-state index >= 15 is 0 Å². The van der Waals surface area contributed by atoms with Crippen LogP contribution in [0.1, 0.15) is 57.4 Å². The van der Waals surface area contributed by atoms with Crippen molar-refractivity contribution in [3.05, 3.63) is 29.8 Å². The van der Waals surface area contributed by atoms with Crippen molar-refractivity contribution in [3.8, 4) is 5.75 Å². The predicted octanol–water partition coefficient (Wildman–Crippen LogP) is 3.66. The fraction of sp³-hybridized carbons (Fsp3) is 0.700. The molecule has 0 aliphatic carbocycles. The van der Waals surface area contributed by atoms with Crippen molar-refractivity contribution >= 4 is 0 Å². The van der Waals surface area contributed by atoms with E-state index in [2.05, 4.69) is 19.1 Å². The fourth-order valence-corrected chi connectivity index (χ4v) is 2.51. The lowest BCUT2D eigenvalue weighted by Gasteiger charge is -2.11. The summed E-state index contributed by atoms with van der Waals surface area (Å²) < 4.78 is 5.00. The van der Waals surface area contributed by atoms with Gasteiger partial charge >= 0.3 is 0 Å². The molecule has 0 aliphatic heterocycles. The number of ether oxygens (including phenoxy) is 1. The largest absolute Gasteiger partial charge is 0.394 e. The first-order chi connectivity index (χ1) is 12.3. The maximum atomic E-state index is 9.57. The minimum Gasteiger partial charge on any atom is -0.394 e. The number of aryl methyl sites for hydroxylation is 1. The molecule has 5 heteroatoms. The molecule has 1 unspecified atom stereocenters. The zero-order valence-electron chi connectivity index (χ0n) is 15.5. The number of unbranched alkanes of at least 4 members (excludes halogenated alkanes) is 6. The molecule has 1 rings (SSSR count). The van der Waals surface area contributed by atoms with E-state index in [4.69, 9.17) is 19.6 Å². The van der Waals surface area contributed by atoms with Gasteiger partial charge in [0.15, 0.2) is 5.75 Å². The van der Waals surface area contributed by atoms with Crippen LogP contribution < -0.4 is 4.89 Å². The minimum atomic E-state index is -0.775. The van der Waals surface area contributed by atoms with Gasteiger partial charge in [-0.1, -0.05) is 57.6 Å². The van der Waals surface area contributed by atoms with Crippen molar-refractivity contribution in [2.24, 2.45) is 0 Å². The van der Waals surface area contributed by atoms with Gasteiger partial charge in [-0.2, -0.15) is 4.89 Å². The van der Waals surface area contributed by atoms with Crippen LogP contribution in [0.2, 0.25) is 0 Å². The number of benzene rings is 1. The first-order valence-electron chi connectivity index (χ1n) is 9.51. The van der Waals surface area contributed by atoms with Gasteiger partial charge in [-0.05, 0) is 30.5 Å². The monoisotopic (exact) mass is 354 g/mol. The second kappa shape index (κ2) is 15.1. The van der Waals surface area contributed by atoms with Crippen LogP contribution in [0.25, 0.3) is 0 Å². The van der Waals surface area contributed by atoms with Crippen LogP contribution in [-0.2, 0) is 16.0 Å². The molecule has 1 atom stereocenters. The minimum absolute atomic E-state index is 0.0191. The van der Waals surface area contributed by atoms with E-state index in [1.165, 1.54) is 50.5 Å². The quantitative estimate of drug-likeness (QED) is 0.269. The maximum Gasteiger partial charge on any atom is 0.165 e. The summed E-state index contributed by atoms with van der Waals surface area (Å²) in [4.78, 5) is 10.2. The molecule has 0 radical (unpaired) electrons. The molecule has 0 heterocycles. The normalized spacial score (nSPS) is 12.3. The van der Waals surface area contributed by atoms with Crippen molar-refractivity contribution in [1.29, 1.82) is 0 Å². The van der Waals surface area contributed by atoms with Gasteiger partial charge in [0.2, 0.25) is 0 Å². The summed E-state index contributed by atoms with van der Waals surface area (Å²) in [6.07, 6.45) is 9.55. The molecular formula is C20H34O5. The van der Waals surface area contributed by atoms with E-state index in [9.17, 15) is 5.11 Å². The van der Waals surface area contributed by atoms with Crippen molar-refractivity contribution < 1.29 is 24.7 Å². The van der Waals surface area contributed by atoms with Gasteiger partial charge in [-0.25, -0.2) is 0 Å². The third-order valence-corrected chi connectivity index (χ3v) is 3.95. The summed E-state index contributed by atoms with van der Waals surface area (Å²) in [5.74, 6) is 0.617. The first-order valence-corrected chi connectivity index (χ1v) is 9.51. The number of aliphatic hydroxyl groups excluding tert-OH is 2. The van der Waals surface area contributed by atoms with Crippen LogP contribution in [0.5, 0.6) is 5.75 Å². The second-order valence-corrected chi connectivity index (χ2v) is 6.34. The van der Waals surface area contributed by atoms with Gasteiger partial charge in [0.25, 0.3) is 0 Å². The molecule has 2 N–H and O–H groups in total. The molecule has 0 saturated heterocycles. The van der Waals surface area contributed by atoms with Crippen molar-refractivity contribution in [3.63, 3.8) is 0 Å². The Morgan fingerprint density at radius 1 is 0.920 bits per heavy atom. The van der Waals surface area contributed by atoms with Crippen molar-refractivity contribution in [2.75, 3.05) is 26.4 Å². The zero-order chi connectivity index (χ0) is 18.2. The standard InChI is InChI=1S/C20H34O5/c1-2-3-4-5-6-7-8-9-18-10-12-20(13-11-18)25-24-17-19(22)16-23-15-14-21/h10-13,19,21-22H,2-9,14-17H2,1H3. The molecule has 0 saturated carbocycles. The molecular weight excluding hydrogens is 320 g/mol. The van der Waals surface area contributed by atoms with E-state index in [0.29, 0.717) is 5.75 Å². The fourth-order valence-electron chi connectivity index (χ4n) is 2.51. The number of hydrogen-bond donors (Lipinski definition) is 2. The second-order valence-electron chi connectivity index (χ2n) is 6.34. The van der Waals surface area contributed by atoms with Crippen LogP contribution in [-0.4, -0.2) is 42.7 Å². The van der Waals surface area contributed by atoms with Crippen LogP contribution >= 0.6 is 0 Å². The van der Waals surface area contributed by atoms with E-state index in [1.54, 1.807) is 0 Å². The Kier molecular flexibility index (Phi) is 13.3.